The lowest BCUT2D eigenvalue weighted by Crippen LogP contribution is -2.11. The molecule has 0 N–H and O–H groups in total. The summed E-state index contributed by atoms with van der Waals surface area (Å²) in [5.41, 5.74) is 0. The molecule has 0 aromatic heterocycles. The highest BCUT2D eigenvalue weighted by atomic mass is 79.9. The molecule has 0 aromatic carbocycles. The average molecular weight is 181 g/mol. The first-order chi connectivity index (χ1) is 3.83. The van der Waals surface area contributed by atoms with Gasteiger partial charge < -0.3 is 9.47 Å². The lowest BCUT2D eigenvalue weighted by atomic mass is 10.5. The van der Waals surface area contributed by atoms with E-state index in [4.69, 9.17) is 9.47 Å². The monoisotopic (exact) mass is 180 g/mol. The molecule has 0 bridgehead atoms. The van der Waals surface area contributed by atoms with E-state index in [2.05, 4.69) is 15.9 Å². The zero-order chi connectivity index (χ0) is 5.98. The lowest BCUT2D eigenvalue weighted by Gasteiger charge is -2.01. The molecule has 48 valence electrons. The minimum Gasteiger partial charge on any atom is -0.350 e. The van der Waals surface area contributed by atoms with Crippen molar-refractivity contribution in [3.05, 3.63) is 0 Å². The summed E-state index contributed by atoms with van der Waals surface area (Å²) >= 11 is 3.30. The van der Waals surface area contributed by atoms with E-state index in [1.54, 1.807) is 0 Å². The summed E-state index contributed by atoms with van der Waals surface area (Å²) in [7, 11) is 0. The Morgan fingerprint density at radius 3 is 2.75 bits per heavy atom. The summed E-state index contributed by atoms with van der Waals surface area (Å²) in [5.74, 6) is 0. The predicted molar refractivity (Wildman–Crippen MR) is 34.1 cm³/mol. The molecule has 0 aliphatic carbocycles. The molecule has 3 heteroatoms. The van der Waals surface area contributed by atoms with Gasteiger partial charge in [-0.3, -0.25) is 0 Å². The van der Waals surface area contributed by atoms with Crippen LogP contribution in [0.2, 0.25) is 0 Å². The van der Waals surface area contributed by atoms with Crippen LogP contribution in [-0.4, -0.2) is 24.3 Å². The maximum Gasteiger partial charge on any atom is 0.155 e. The van der Waals surface area contributed by atoms with Crippen molar-refractivity contribution in [1.82, 2.24) is 0 Å². The minimum atomic E-state index is -0.00227. The molecule has 1 saturated heterocycles. The fourth-order valence-electron chi connectivity index (χ4n) is 0.673. The summed E-state index contributed by atoms with van der Waals surface area (Å²) in [6.45, 7) is 2.63. The van der Waals surface area contributed by atoms with Gasteiger partial charge >= 0.3 is 0 Å². The Labute approximate surface area is 57.3 Å². The van der Waals surface area contributed by atoms with Crippen LogP contribution in [-0.2, 0) is 9.47 Å². The molecule has 1 fully saturated rings. The van der Waals surface area contributed by atoms with E-state index in [1.165, 1.54) is 0 Å². The van der Waals surface area contributed by atoms with Crippen molar-refractivity contribution in [2.24, 2.45) is 0 Å². The smallest absolute Gasteiger partial charge is 0.155 e. The van der Waals surface area contributed by atoms with E-state index in [9.17, 15) is 0 Å². The Morgan fingerprint density at radius 1 is 1.75 bits per heavy atom. The molecule has 0 amide bonds. The Kier molecular flexibility index (Phi) is 2.28. The van der Waals surface area contributed by atoms with Gasteiger partial charge in [-0.1, -0.05) is 15.9 Å². The Bertz CT molecular complexity index is 76.8. The zero-order valence-corrected chi connectivity index (χ0v) is 6.35. The van der Waals surface area contributed by atoms with E-state index in [0.29, 0.717) is 0 Å². The minimum absolute atomic E-state index is 0.00227. The van der Waals surface area contributed by atoms with Gasteiger partial charge in [-0.2, -0.15) is 0 Å². The van der Waals surface area contributed by atoms with E-state index in [-0.39, 0.29) is 12.4 Å². The second kappa shape index (κ2) is 2.80. The number of halogens is 1. The molecule has 8 heavy (non-hydrogen) atoms. The van der Waals surface area contributed by atoms with Crippen LogP contribution in [0.1, 0.15) is 6.92 Å². The van der Waals surface area contributed by atoms with Crippen molar-refractivity contribution < 1.29 is 9.47 Å². The van der Waals surface area contributed by atoms with Gasteiger partial charge in [-0.25, -0.2) is 0 Å². The van der Waals surface area contributed by atoms with Crippen LogP contribution < -0.4 is 0 Å². The summed E-state index contributed by atoms with van der Waals surface area (Å²) < 4.78 is 10.3. The second-order valence-corrected chi connectivity index (χ2v) is 2.46. The molecular formula is C5H9BrO2. The highest BCUT2D eigenvalue weighted by Gasteiger charge is 2.20. The summed E-state index contributed by atoms with van der Waals surface area (Å²) in [6, 6.07) is 0. The number of rotatable bonds is 1. The first-order valence-electron chi connectivity index (χ1n) is 2.66. The van der Waals surface area contributed by atoms with Gasteiger partial charge in [0.15, 0.2) is 6.29 Å². The topological polar surface area (TPSA) is 18.5 Å². The van der Waals surface area contributed by atoms with Crippen LogP contribution in [0.4, 0.5) is 0 Å². The molecule has 0 spiro atoms. The third-order valence-corrected chi connectivity index (χ3v) is 1.80. The molecule has 2 atom stereocenters. The van der Waals surface area contributed by atoms with Crippen molar-refractivity contribution in [2.45, 2.75) is 19.3 Å². The lowest BCUT2D eigenvalue weighted by molar-refractivity contribution is -0.0380. The van der Waals surface area contributed by atoms with Gasteiger partial charge in [-0.05, 0) is 6.92 Å². The molecule has 1 heterocycles. The highest BCUT2D eigenvalue weighted by molar-refractivity contribution is 9.09. The Hall–Kier alpha value is 0.400. The highest BCUT2D eigenvalue weighted by Crippen LogP contribution is 2.11. The molecule has 1 aliphatic heterocycles. The quantitative estimate of drug-likeness (QED) is 0.564. The van der Waals surface area contributed by atoms with Gasteiger partial charge in [-0.15, -0.1) is 0 Å². The summed E-state index contributed by atoms with van der Waals surface area (Å²) in [5, 5.41) is 0.872. The van der Waals surface area contributed by atoms with E-state index in [1.807, 2.05) is 6.92 Å². The van der Waals surface area contributed by atoms with E-state index < -0.39 is 0 Å². The molecule has 1 rings (SSSR count). The van der Waals surface area contributed by atoms with Crippen LogP contribution >= 0.6 is 15.9 Å². The van der Waals surface area contributed by atoms with Crippen molar-refractivity contribution >= 4 is 15.9 Å². The van der Waals surface area contributed by atoms with Crippen LogP contribution in [0.5, 0.6) is 0 Å². The van der Waals surface area contributed by atoms with Gasteiger partial charge in [0.1, 0.15) is 0 Å². The van der Waals surface area contributed by atoms with Crippen LogP contribution in [0.15, 0.2) is 0 Å². The third-order valence-electron chi connectivity index (χ3n) is 1.07. The second-order valence-electron chi connectivity index (χ2n) is 1.81. The maximum absolute atomic E-state index is 5.24. The van der Waals surface area contributed by atoms with Crippen molar-refractivity contribution in [2.75, 3.05) is 11.9 Å². The van der Waals surface area contributed by atoms with E-state index >= 15 is 0 Å². The van der Waals surface area contributed by atoms with Crippen LogP contribution in [0, 0.1) is 0 Å². The molecule has 0 radical (unpaired) electrons. The fraction of sp³-hybridized carbons (Fsp3) is 1.00. The Morgan fingerprint density at radius 2 is 2.50 bits per heavy atom. The Balaban J connectivity index is 2.22. The molecular weight excluding hydrogens is 172 g/mol. The first kappa shape index (κ1) is 6.52. The van der Waals surface area contributed by atoms with Crippen molar-refractivity contribution in [1.29, 1.82) is 0 Å². The van der Waals surface area contributed by atoms with E-state index in [0.717, 1.165) is 11.9 Å². The zero-order valence-electron chi connectivity index (χ0n) is 4.76. The van der Waals surface area contributed by atoms with Crippen LogP contribution in [0.25, 0.3) is 0 Å². The molecule has 1 aliphatic rings. The van der Waals surface area contributed by atoms with Crippen molar-refractivity contribution in [3.63, 3.8) is 0 Å². The number of hydrogen-bond acceptors (Lipinski definition) is 2. The van der Waals surface area contributed by atoms with Gasteiger partial charge in [0.25, 0.3) is 0 Å². The largest absolute Gasteiger partial charge is 0.350 e. The summed E-state index contributed by atoms with van der Waals surface area (Å²) in [4.78, 5) is 0. The third kappa shape index (κ3) is 1.44. The molecule has 0 saturated carbocycles. The standard InChI is InChI=1S/C5H9BrO2/c1-4-7-3-5(2-6)8-4/h4-5H,2-3H2,1H3/t4-,5+/m0/s1. The number of hydrogen-bond donors (Lipinski definition) is 0. The van der Waals surface area contributed by atoms with Crippen LogP contribution in [0.3, 0.4) is 0 Å². The predicted octanol–water partition coefficient (Wildman–Crippen LogP) is 1.14. The molecule has 2 nitrogen and oxygen atoms in total. The van der Waals surface area contributed by atoms with Crippen molar-refractivity contribution in [3.8, 4) is 0 Å². The summed E-state index contributed by atoms with van der Waals surface area (Å²) in [6.07, 6.45) is 0.266. The van der Waals surface area contributed by atoms with Gasteiger partial charge in [0.05, 0.1) is 12.7 Å². The maximum atomic E-state index is 5.24. The first-order valence-corrected chi connectivity index (χ1v) is 3.78. The molecule has 0 aromatic rings. The fourth-order valence-corrected chi connectivity index (χ4v) is 1.01. The van der Waals surface area contributed by atoms with Gasteiger partial charge in [0, 0.05) is 5.33 Å². The SMILES string of the molecule is C[C@H]1OC[C@@H](CBr)O1. The van der Waals surface area contributed by atoms with Gasteiger partial charge in [0.2, 0.25) is 0 Å². The number of alkyl halides is 1. The normalized spacial score (nSPS) is 38.2. The number of ether oxygens (including phenoxy) is 2. The average Bonchev–Trinajstić information content (AvgIpc) is 2.14. The molecule has 0 unspecified atom stereocenters.